The molecular weight excluding hydrogens is 212 g/mol. The van der Waals surface area contributed by atoms with Crippen LogP contribution in [0.5, 0.6) is 0 Å². The lowest BCUT2D eigenvalue weighted by Crippen LogP contribution is -2.18. The van der Waals surface area contributed by atoms with E-state index in [0.29, 0.717) is 12.5 Å². The number of hydrogen-bond donors (Lipinski definition) is 1. The van der Waals surface area contributed by atoms with Gasteiger partial charge in [0, 0.05) is 24.9 Å². The number of pyridine rings is 1. The average Bonchev–Trinajstić information content (AvgIpc) is 2.75. The van der Waals surface area contributed by atoms with Crippen LogP contribution in [0.4, 0.5) is 0 Å². The van der Waals surface area contributed by atoms with Crippen molar-refractivity contribution in [3.63, 3.8) is 0 Å². The van der Waals surface area contributed by atoms with Gasteiger partial charge in [0.1, 0.15) is 6.10 Å². The summed E-state index contributed by atoms with van der Waals surface area (Å²) in [6.07, 6.45) is 11.0. The van der Waals surface area contributed by atoms with Crippen LogP contribution in [0.3, 0.4) is 0 Å². The fourth-order valence-electron chi connectivity index (χ4n) is 2.42. The highest BCUT2D eigenvalue weighted by molar-refractivity contribution is 5.23. The summed E-state index contributed by atoms with van der Waals surface area (Å²) < 4.78 is 0. The maximum atomic E-state index is 9.45. The van der Waals surface area contributed by atoms with Gasteiger partial charge in [-0.05, 0) is 37.6 Å². The molecule has 0 aliphatic carbocycles. The number of hydrogen-bond acceptors (Lipinski definition) is 3. The zero-order valence-electron chi connectivity index (χ0n) is 10.1. The first-order valence-electron chi connectivity index (χ1n) is 5.99. The van der Waals surface area contributed by atoms with Gasteiger partial charge in [0.25, 0.3) is 0 Å². The van der Waals surface area contributed by atoms with Crippen LogP contribution in [0.15, 0.2) is 18.5 Å². The minimum absolute atomic E-state index is 0.463. The van der Waals surface area contributed by atoms with Gasteiger partial charge in [-0.25, -0.2) is 0 Å². The second kappa shape index (κ2) is 5.31. The molecule has 0 saturated carbocycles. The second-order valence-corrected chi connectivity index (χ2v) is 4.65. The number of likely N-dealkylation sites (tertiary alicyclic amines) is 1. The van der Waals surface area contributed by atoms with Crippen molar-refractivity contribution in [3.8, 4) is 12.3 Å². The molecule has 2 rings (SSSR count). The van der Waals surface area contributed by atoms with Crippen LogP contribution in [-0.4, -0.2) is 34.7 Å². The molecule has 3 nitrogen and oxygen atoms in total. The summed E-state index contributed by atoms with van der Waals surface area (Å²) in [7, 11) is 2.14. The molecule has 2 heterocycles. The Morgan fingerprint density at radius 1 is 1.65 bits per heavy atom. The highest BCUT2D eigenvalue weighted by atomic mass is 16.3. The molecule has 0 aromatic carbocycles. The molecule has 2 unspecified atom stereocenters. The van der Waals surface area contributed by atoms with Crippen LogP contribution in [0.25, 0.3) is 0 Å². The predicted octanol–water partition coefficient (Wildman–Crippen LogP) is 1.38. The summed E-state index contributed by atoms with van der Waals surface area (Å²) >= 11 is 0. The van der Waals surface area contributed by atoms with Crippen molar-refractivity contribution in [1.82, 2.24) is 9.88 Å². The van der Waals surface area contributed by atoms with E-state index < -0.39 is 6.10 Å². The van der Waals surface area contributed by atoms with Gasteiger partial charge in [-0.1, -0.05) is 12.0 Å². The molecule has 1 aromatic heterocycles. The molecule has 0 spiro atoms. The first-order chi connectivity index (χ1) is 8.20. The number of aliphatic hydroxyl groups excluding tert-OH is 1. The number of aromatic nitrogens is 1. The molecule has 17 heavy (non-hydrogen) atoms. The minimum Gasteiger partial charge on any atom is -0.380 e. The minimum atomic E-state index is -0.714. The predicted molar refractivity (Wildman–Crippen MR) is 67.4 cm³/mol. The van der Waals surface area contributed by atoms with Gasteiger partial charge >= 0.3 is 0 Å². The van der Waals surface area contributed by atoms with E-state index in [9.17, 15) is 5.11 Å². The van der Waals surface area contributed by atoms with E-state index in [4.69, 9.17) is 6.42 Å². The summed E-state index contributed by atoms with van der Waals surface area (Å²) in [6, 6.07) is 2.57. The van der Waals surface area contributed by atoms with Gasteiger partial charge in [-0.2, -0.15) is 0 Å². The summed E-state index contributed by atoms with van der Waals surface area (Å²) in [5.74, 6) is 2.33. The average molecular weight is 230 g/mol. The third kappa shape index (κ3) is 2.85. The fourth-order valence-corrected chi connectivity index (χ4v) is 2.42. The summed E-state index contributed by atoms with van der Waals surface area (Å²) in [5, 5.41) is 9.45. The molecule has 1 aliphatic heterocycles. The van der Waals surface area contributed by atoms with Crippen molar-refractivity contribution in [1.29, 1.82) is 0 Å². The third-order valence-corrected chi connectivity index (χ3v) is 3.34. The Balaban J connectivity index is 2.14. The normalized spacial score (nSPS) is 22.3. The van der Waals surface area contributed by atoms with Crippen molar-refractivity contribution in [2.75, 3.05) is 13.6 Å². The lowest BCUT2D eigenvalue weighted by atomic mass is 10.0. The lowest BCUT2D eigenvalue weighted by molar-refractivity contribution is 0.233. The first kappa shape index (κ1) is 12.1. The quantitative estimate of drug-likeness (QED) is 0.797. The van der Waals surface area contributed by atoms with E-state index in [1.165, 1.54) is 18.4 Å². The highest BCUT2D eigenvalue weighted by Gasteiger charge is 2.22. The summed E-state index contributed by atoms with van der Waals surface area (Å²) in [6.45, 7) is 1.14. The molecular formula is C14H18N2O. The lowest BCUT2D eigenvalue weighted by Gasteiger charge is -2.20. The Morgan fingerprint density at radius 2 is 2.47 bits per heavy atom. The Morgan fingerprint density at radius 3 is 3.12 bits per heavy atom. The van der Waals surface area contributed by atoms with Crippen molar-refractivity contribution in [3.05, 3.63) is 29.6 Å². The van der Waals surface area contributed by atoms with Gasteiger partial charge in [0.2, 0.25) is 0 Å². The Hall–Kier alpha value is -1.37. The smallest absolute Gasteiger partial charge is 0.118 e. The zero-order chi connectivity index (χ0) is 12.3. The van der Waals surface area contributed by atoms with Gasteiger partial charge in [-0.15, -0.1) is 6.42 Å². The SMILES string of the molecule is C#CC(O)Cc1cncc(C2CCCN2C)c1. The molecule has 1 fully saturated rings. The molecule has 1 saturated heterocycles. The summed E-state index contributed by atoms with van der Waals surface area (Å²) in [5.41, 5.74) is 2.24. The number of nitrogens with zero attached hydrogens (tertiary/aromatic N) is 2. The van der Waals surface area contributed by atoms with Crippen molar-refractivity contribution < 1.29 is 5.11 Å². The number of terminal acetylenes is 1. The first-order valence-corrected chi connectivity index (χ1v) is 5.99. The molecule has 3 heteroatoms. The molecule has 1 aromatic rings. The van der Waals surface area contributed by atoms with Crippen LogP contribution in [0, 0.1) is 12.3 Å². The van der Waals surface area contributed by atoms with Gasteiger partial charge in [0.05, 0.1) is 0 Å². The Labute approximate surface area is 102 Å². The second-order valence-electron chi connectivity index (χ2n) is 4.65. The van der Waals surface area contributed by atoms with Crippen LogP contribution in [-0.2, 0) is 6.42 Å². The van der Waals surface area contributed by atoms with E-state index in [0.717, 1.165) is 12.1 Å². The maximum Gasteiger partial charge on any atom is 0.118 e. The van der Waals surface area contributed by atoms with Crippen LogP contribution < -0.4 is 0 Å². The molecule has 1 aliphatic rings. The van der Waals surface area contributed by atoms with Gasteiger partial charge in [0.15, 0.2) is 0 Å². The molecule has 2 atom stereocenters. The number of rotatable bonds is 3. The van der Waals surface area contributed by atoms with Crippen molar-refractivity contribution in [2.45, 2.75) is 31.4 Å². The standard InChI is InChI=1S/C14H18N2O/c1-3-13(17)8-11-7-12(10-15-9-11)14-5-4-6-16(14)2/h1,7,9-10,13-14,17H,4-6,8H2,2H3. The van der Waals surface area contributed by atoms with Crippen LogP contribution in [0.2, 0.25) is 0 Å². The van der Waals surface area contributed by atoms with Gasteiger partial charge < -0.3 is 5.11 Å². The summed E-state index contributed by atoms with van der Waals surface area (Å²) in [4.78, 5) is 6.59. The Kier molecular flexibility index (Phi) is 3.78. The van der Waals surface area contributed by atoms with E-state index in [-0.39, 0.29) is 0 Å². The molecule has 1 N–H and O–H groups in total. The van der Waals surface area contributed by atoms with E-state index >= 15 is 0 Å². The Bertz CT molecular complexity index is 424. The molecule has 0 amide bonds. The largest absolute Gasteiger partial charge is 0.380 e. The zero-order valence-corrected chi connectivity index (χ0v) is 10.1. The molecule has 0 radical (unpaired) electrons. The van der Waals surface area contributed by atoms with Crippen molar-refractivity contribution >= 4 is 0 Å². The molecule has 0 bridgehead atoms. The monoisotopic (exact) mass is 230 g/mol. The molecule has 90 valence electrons. The topological polar surface area (TPSA) is 36.4 Å². The van der Waals surface area contributed by atoms with Crippen LogP contribution >= 0.6 is 0 Å². The van der Waals surface area contributed by atoms with Crippen molar-refractivity contribution in [2.24, 2.45) is 0 Å². The van der Waals surface area contributed by atoms with E-state index in [1.807, 2.05) is 6.20 Å². The van der Waals surface area contributed by atoms with E-state index in [1.54, 1.807) is 6.20 Å². The maximum absolute atomic E-state index is 9.45. The fraction of sp³-hybridized carbons (Fsp3) is 0.500. The van der Waals surface area contributed by atoms with E-state index in [2.05, 4.69) is 28.9 Å². The highest BCUT2D eigenvalue weighted by Crippen LogP contribution is 2.30. The van der Waals surface area contributed by atoms with Crippen LogP contribution in [0.1, 0.15) is 30.0 Å². The third-order valence-electron chi connectivity index (χ3n) is 3.34. The van der Waals surface area contributed by atoms with Gasteiger partial charge in [-0.3, -0.25) is 9.88 Å². The number of aliphatic hydroxyl groups is 1.